The topological polar surface area (TPSA) is 130 Å². The number of carbonyl (C=O) groups is 3. The van der Waals surface area contributed by atoms with Crippen LogP contribution in [0, 0.1) is 5.82 Å². The first-order valence-corrected chi connectivity index (χ1v) is 13.6. The predicted molar refractivity (Wildman–Crippen MR) is 144 cm³/mol. The number of nitrogens with one attached hydrogen (secondary N) is 1. The second-order valence-corrected chi connectivity index (χ2v) is 9.75. The molecule has 1 aliphatic rings. The number of carbonyl (C=O) groups excluding carboxylic acids is 1. The lowest BCUT2D eigenvalue weighted by Gasteiger charge is -2.39. The number of halogens is 1. The molecule has 2 aromatic rings. The number of quaternary nitrogens is 1. The molecule has 0 spiro atoms. The molecule has 1 saturated heterocycles. The van der Waals surface area contributed by atoms with Gasteiger partial charge in [0.1, 0.15) is 17.7 Å². The van der Waals surface area contributed by atoms with Gasteiger partial charge in [0.05, 0.1) is 19.6 Å². The van der Waals surface area contributed by atoms with Crippen LogP contribution >= 0.6 is 0 Å². The molecule has 1 aromatic carbocycles. The third-order valence-electron chi connectivity index (χ3n) is 6.77. The summed E-state index contributed by atoms with van der Waals surface area (Å²) in [5, 5.41) is 24.0. The van der Waals surface area contributed by atoms with Crippen LogP contribution in [-0.2, 0) is 14.4 Å². The second-order valence-electron chi connectivity index (χ2n) is 9.75. The molecule has 2 heterocycles. The fourth-order valence-electron chi connectivity index (χ4n) is 4.78. The van der Waals surface area contributed by atoms with E-state index in [1.54, 1.807) is 6.07 Å². The fraction of sp³-hybridized carbons (Fsp3) is 0.571. The van der Waals surface area contributed by atoms with Crippen molar-refractivity contribution in [3.05, 3.63) is 36.2 Å². The zero-order chi connectivity index (χ0) is 27.8. The molecule has 1 aromatic heterocycles. The van der Waals surface area contributed by atoms with Crippen molar-refractivity contribution in [1.29, 1.82) is 0 Å². The number of carboxylic acid groups (broad SMARTS) is 2. The summed E-state index contributed by atoms with van der Waals surface area (Å²) < 4.78 is 19.7. The molecule has 3 rings (SSSR count). The summed E-state index contributed by atoms with van der Waals surface area (Å²) in [4.78, 5) is 31.4. The molecule has 10 heteroatoms. The average molecular weight is 535 g/mol. The number of benzene rings is 1. The van der Waals surface area contributed by atoms with Gasteiger partial charge in [-0.3, -0.25) is 9.28 Å². The van der Waals surface area contributed by atoms with Gasteiger partial charge in [0, 0.05) is 24.6 Å². The Balaban J connectivity index is 0.000000550. The first kappa shape index (κ1) is 31.0. The number of likely N-dealkylation sites (tertiary alicyclic amines) is 1. The molecule has 0 aliphatic carbocycles. The van der Waals surface area contributed by atoms with Gasteiger partial charge >= 0.3 is 11.9 Å². The van der Waals surface area contributed by atoms with E-state index in [0.29, 0.717) is 35.2 Å². The van der Waals surface area contributed by atoms with Crippen molar-refractivity contribution >= 4 is 34.6 Å². The fourth-order valence-corrected chi connectivity index (χ4v) is 4.78. The molecule has 1 aliphatic heterocycles. The van der Waals surface area contributed by atoms with Gasteiger partial charge in [-0.15, -0.1) is 0 Å². The molecule has 210 valence electrons. The van der Waals surface area contributed by atoms with E-state index in [4.69, 9.17) is 14.7 Å². The molecule has 0 radical (unpaired) electrons. The Hall–Kier alpha value is -3.27. The van der Waals surface area contributed by atoms with Crippen molar-refractivity contribution < 1.29 is 33.5 Å². The summed E-state index contributed by atoms with van der Waals surface area (Å²) in [7, 11) is 0. The maximum Gasteiger partial charge on any atom is 0.328 e. The minimum Gasteiger partial charge on any atom is -0.478 e. The van der Waals surface area contributed by atoms with Gasteiger partial charge in [0.2, 0.25) is 5.91 Å². The quantitative estimate of drug-likeness (QED) is 0.167. The van der Waals surface area contributed by atoms with Crippen LogP contribution in [0.3, 0.4) is 0 Å². The van der Waals surface area contributed by atoms with E-state index in [9.17, 15) is 18.8 Å². The number of hydrogen-bond acceptors (Lipinski definition) is 5. The molecular weight excluding hydrogens is 493 g/mol. The monoisotopic (exact) mass is 534 g/mol. The van der Waals surface area contributed by atoms with Crippen molar-refractivity contribution in [2.45, 2.75) is 77.6 Å². The molecule has 38 heavy (non-hydrogen) atoms. The Morgan fingerprint density at radius 3 is 2.26 bits per heavy atom. The van der Waals surface area contributed by atoms with E-state index in [1.165, 1.54) is 50.7 Å². The zero-order valence-electron chi connectivity index (χ0n) is 22.3. The SMILES string of the molecule is CCCCCCCCCC(=O)NCC[N+]1(c2noc3cc(F)ccc23)CCCCC1.O=C(O)/C=C/C(=O)O. The maximum atomic E-state index is 13.5. The van der Waals surface area contributed by atoms with E-state index in [0.717, 1.165) is 56.5 Å². The summed E-state index contributed by atoms with van der Waals surface area (Å²) in [6.07, 6.45) is 13.7. The molecule has 0 unspecified atom stereocenters. The number of rotatable bonds is 14. The van der Waals surface area contributed by atoms with Crippen LogP contribution < -0.4 is 9.80 Å². The Morgan fingerprint density at radius 1 is 1.00 bits per heavy atom. The van der Waals surface area contributed by atoms with Gasteiger partial charge in [-0.2, -0.15) is 0 Å². The number of unbranched alkanes of at least 4 members (excludes halogenated alkanes) is 6. The average Bonchev–Trinajstić information content (AvgIpc) is 3.31. The number of carboxylic acids is 2. The highest BCUT2D eigenvalue weighted by Gasteiger charge is 2.37. The summed E-state index contributed by atoms with van der Waals surface area (Å²) in [6.45, 7) is 5.61. The highest BCUT2D eigenvalue weighted by atomic mass is 19.1. The number of hydrogen-bond donors (Lipinski definition) is 3. The summed E-state index contributed by atoms with van der Waals surface area (Å²) >= 11 is 0. The number of piperidine rings is 1. The molecule has 9 nitrogen and oxygen atoms in total. The molecule has 3 N–H and O–H groups in total. The Labute approximate surface area is 223 Å². The van der Waals surface area contributed by atoms with E-state index < -0.39 is 11.9 Å². The van der Waals surface area contributed by atoms with Gasteiger partial charge in [-0.25, -0.2) is 14.0 Å². The van der Waals surface area contributed by atoms with Crippen LogP contribution in [0.15, 0.2) is 34.9 Å². The number of nitrogens with zero attached hydrogens (tertiary/aromatic N) is 2. The van der Waals surface area contributed by atoms with Crippen molar-refractivity contribution in [1.82, 2.24) is 15.0 Å². The third-order valence-corrected chi connectivity index (χ3v) is 6.77. The molecule has 0 saturated carbocycles. The normalized spacial score (nSPS) is 14.7. The van der Waals surface area contributed by atoms with E-state index in [1.807, 2.05) is 0 Å². The van der Waals surface area contributed by atoms with Crippen LogP contribution in [0.5, 0.6) is 0 Å². The third kappa shape index (κ3) is 10.6. The highest BCUT2D eigenvalue weighted by molar-refractivity contribution is 5.89. The number of aliphatic carboxylic acids is 2. The minimum absolute atomic E-state index is 0.144. The predicted octanol–water partition coefficient (Wildman–Crippen LogP) is 5.43. The van der Waals surface area contributed by atoms with Crippen LogP contribution in [0.25, 0.3) is 11.0 Å². The van der Waals surface area contributed by atoms with E-state index in [2.05, 4.69) is 17.4 Å². The minimum atomic E-state index is -1.26. The van der Waals surface area contributed by atoms with Crippen molar-refractivity contribution in [3.8, 4) is 0 Å². The maximum absolute atomic E-state index is 13.5. The standard InChI is InChI=1S/C24H36FN3O2.C4H4O4/c1-2-3-4-5-6-7-9-12-23(29)26-15-18-28(16-10-8-11-17-28)24-21-14-13-20(25)19-22(21)30-27-24;5-3(6)1-2-4(7)8/h13-14,19H,2-12,15-18H2,1H3;1-2H,(H,5,6)(H,7,8)/p+1/b;2-1+. The summed E-state index contributed by atoms with van der Waals surface area (Å²) in [5.41, 5.74) is 0.496. The van der Waals surface area contributed by atoms with Crippen LogP contribution in [0.2, 0.25) is 0 Å². The van der Waals surface area contributed by atoms with Crippen LogP contribution in [0.1, 0.15) is 77.6 Å². The Bertz CT molecular complexity index is 1050. The van der Waals surface area contributed by atoms with Crippen molar-refractivity contribution in [2.75, 3.05) is 26.2 Å². The molecule has 1 amide bonds. The van der Waals surface area contributed by atoms with Gasteiger partial charge in [-0.1, -0.05) is 45.4 Å². The van der Waals surface area contributed by atoms with E-state index >= 15 is 0 Å². The summed E-state index contributed by atoms with van der Waals surface area (Å²) in [6, 6.07) is 4.63. The zero-order valence-corrected chi connectivity index (χ0v) is 22.3. The first-order chi connectivity index (χ1) is 18.3. The largest absolute Gasteiger partial charge is 0.478 e. The van der Waals surface area contributed by atoms with E-state index in [-0.39, 0.29) is 11.7 Å². The second kappa shape index (κ2) is 16.5. The molecule has 0 atom stereocenters. The Morgan fingerprint density at radius 2 is 1.63 bits per heavy atom. The van der Waals surface area contributed by atoms with Gasteiger partial charge in [0.25, 0.3) is 5.82 Å². The van der Waals surface area contributed by atoms with Crippen molar-refractivity contribution in [2.24, 2.45) is 0 Å². The number of amides is 1. The lowest BCUT2D eigenvalue weighted by Crippen LogP contribution is -2.56. The Kier molecular flexibility index (Phi) is 13.5. The summed E-state index contributed by atoms with van der Waals surface area (Å²) in [5.74, 6) is -1.80. The van der Waals surface area contributed by atoms with Crippen LogP contribution in [0.4, 0.5) is 10.2 Å². The molecular formula is C28H41FN3O6+. The van der Waals surface area contributed by atoms with Crippen LogP contribution in [-0.4, -0.2) is 59.4 Å². The lowest BCUT2D eigenvalue weighted by atomic mass is 10.1. The van der Waals surface area contributed by atoms with Gasteiger partial charge in [0.15, 0.2) is 5.58 Å². The molecule has 1 fully saturated rings. The van der Waals surface area contributed by atoms with Crippen molar-refractivity contribution in [3.63, 3.8) is 0 Å². The smallest absolute Gasteiger partial charge is 0.328 e. The van der Waals surface area contributed by atoms with Gasteiger partial charge in [-0.05, 0) is 43.0 Å². The lowest BCUT2D eigenvalue weighted by molar-refractivity contribution is -0.134. The molecule has 0 bridgehead atoms. The number of aromatic nitrogens is 1. The van der Waals surface area contributed by atoms with Gasteiger partial charge < -0.3 is 20.1 Å². The first-order valence-electron chi connectivity index (χ1n) is 13.6. The number of fused-ring (bicyclic) bond motifs is 1. The highest BCUT2D eigenvalue weighted by Crippen LogP contribution is 2.34.